The second kappa shape index (κ2) is 6.29. The van der Waals surface area contributed by atoms with Crippen LogP contribution in [0.4, 0.5) is 0 Å². The summed E-state index contributed by atoms with van der Waals surface area (Å²) in [5.74, 6) is 1.68. The lowest BCUT2D eigenvalue weighted by atomic mass is 10.1. The van der Waals surface area contributed by atoms with Crippen molar-refractivity contribution in [2.75, 3.05) is 5.75 Å². The van der Waals surface area contributed by atoms with Crippen molar-refractivity contribution in [3.05, 3.63) is 76.0 Å². The molecule has 23 heavy (non-hydrogen) atoms. The molecule has 0 N–H and O–H groups in total. The maximum Gasteiger partial charge on any atom is 0.212 e. The minimum atomic E-state index is 0.728. The molecule has 0 saturated heterocycles. The third-order valence-corrected chi connectivity index (χ3v) is 5.08. The number of thioether (sulfide) groups is 1. The van der Waals surface area contributed by atoms with Crippen LogP contribution in [-0.4, -0.2) is 26.3 Å². The van der Waals surface area contributed by atoms with Crippen LogP contribution in [0.25, 0.3) is 0 Å². The largest absolute Gasteiger partial charge is 0.212 e. The number of hydrogen-bond donors (Lipinski definition) is 0. The van der Waals surface area contributed by atoms with Crippen molar-refractivity contribution in [3.8, 4) is 0 Å². The van der Waals surface area contributed by atoms with E-state index in [0.29, 0.717) is 0 Å². The van der Waals surface area contributed by atoms with Crippen LogP contribution in [0.5, 0.6) is 0 Å². The molecule has 0 saturated carbocycles. The van der Waals surface area contributed by atoms with E-state index in [9.17, 15) is 0 Å². The van der Waals surface area contributed by atoms with Gasteiger partial charge in [0, 0.05) is 16.6 Å². The van der Waals surface area contributed by atoms with E-state index in [0.717, 1.165) is 38.9 Å². The first-order valence-corrected chi connectivity index (χ1v) is 9.02. The topological polar surface area (TPSA) is 43.1 Å². The van der Waals surface area contributed by atoms with Gasteiger partial charge in [-0.25, -0.2) is 0 Å². The average Bonchev–Trinajstić information content (AvgIpc) is 2.99. The monoisotopic (exact) mass is 384 g/mol. The van der Waals surface area contributed by atoms with Gasteiger partial charge in [-0.3, -0.25) is 0 Å². The van der Waals surface area contributed by atoms with Crippen LogP contribution in [0, 0.1) is 0 Å². The molecule has 114 valence electrons. The second-order valence-corrected chi connectivity index (χ2v) is 7.07. The average molecular weight is 385 g/mol. The molecule has 6 heteroatoms. The summed E-state index contributed by atoms with van der Waals surface area (Å²) < 4.78 is 2.94. The SMILES string of the molecule is Brc1ccc(C2=Nn3c(Cc4ccccc4)nnc3SC2)cc1. The summed E-state index contributed by atoms with van der Waals surface area (Å²) in [5.41, 5.74) is 3.38. The van der Waals surface area contributed by atoms with Crippen molar-refractivity contribution in [3.63, 3.8) is 0 Å². The van der Waals surface area contributed by atoms with Gasteiger partial charge in [0.15, 0.2) is 5.82 Å². The number of rotatable bonds is 3. The molecule has 1 aliphatic rings. The predicted octanol–water partition coefficient (Wildman–Crippen LogP) is 3.99. The quantitative estimate of drug-likeness (QED) is 0.685. The van der Waals surface area contributed by atoms with Crippen LogP contribution in [0.1, 0.15) is 17.0 Å². The molecule has 3 aromatic rings. The van der Waals surface area contributed by atoms with Crippen molar-refractivity contribution in [1.29, 1.82) is 0 Å². The number of halogens is 1. The summed E-state index contributed by atoms with van der Waals surface area (Å²) in [6.07, 6.45) is 0.728. The van der Waals surface area contributed by atoms with Gasteiger partial charge in [-0.2, -0.15) is 9.78 Å². The molecule has 0 unspecified atom stereocenters. The number of hydrogen-bond acceptors (Lipinski definition) is 4. The Bertz CT molecular complexity index is 856. The van der Waals surface area contributed by atoms with E-state index < -0.39 is 0 Å². The summed E-state index contributed by atoms with van der Waals surface area (Å²) in [5, 5.41) is 14.2. The van der Waals surface area contributed by atoms with Crippen LogP contribution in [0.15, 0.2) is 69.3 Å². The fourth-order valence-electron chi connectivity index (χ4n) is 2.44. The first-order chi connectivity index (χ1) is 11.3. The first-order valence-electron chi connectivity index (χ1n) is 7.24. The van der Waals surface area contributed by atoms with Gasteiger partial charge in [0.1, 0.15) is 0 Å². The second-order valence-electron chi connectivity index (χ2n) is 5.22. The third-order valence-electron chi connectivity index (χ3n) is 3.62. The standard InChI is InChI=1S/C17H13BrN4S/c18-14-8-6-13(7-9-14)15-11-23-17-20-19-16(22(17)21-15)10-12-4-2-1-3-5-12/h1-9H,10-11H2. The zero-order valence-corrected chi connectivity index (χ0v) is 14.6. The number of nitrogens with zero attached hydrogens (tertiary/aromatic N) is 4. The third kappa shape index (κ3) is 3.09. The van der Waals surface area contributed by atoms with Crippen LogP contribution >= 0.6 is 27.7 Å². The molecule has 2 heterocycles. The van der Waals surface area contributed by atoms with E-state index in [2.05, 4.69) is 50.4 Å². The van der Waals surface area contributed by atoms with E-state index in [1.54, 1.807) is 11.8 Å². The van der Waals surface area contributed by atoms with E-state index in [1.165, 1.54) is 5.56 Å². The van der Waals surface area contributed by atoms with Gasteiger partial charge >= 0.3 is 0 Å². The molecule has 4 nitrogen and oxygen atoms in total. The molecule has 0 aliphatic carbocycles. The highest BCUT2D eigenvalue weighted by Crippen LogP contribution is 2.25. The van der Waals surface area contributed by atoms with Crippen LogP contribution in [0.2, 0.25) is 0 Å². The normalized spacial score (nSPS) is 13.5. The van der Waals surface area contributed by atoms with Crippen LogP contribution in [-0.2, 0) is 6.42 Å². The molecule has 2 aromatic carbocycles. The smallest absolute Gasteiger partial charge is 0.191 e. The predicted molar refractivity (Wildman–Crippen MR) is 96.1 cm³/mol. The lowest BCUT2D eigenvalue weighted by Gasteiger charge is -2.14. The fourth-order valence-corrected chi connectivity index (χ4v) is 3.56. The van der Waals surface area contributed by atoms with E-state index >= 15 is 0 Å². The number of aromatic nitrogens is 3. The van der Waals surface area contributed by atoms with Crippen LogP contribution in [0.3, 0.4) is 0 Å². The number of benzene rings is 2. The van der Waals surface area contributed by atoms with Crippen molar-refractivity contribution in [2.24, 2.45) is 5.10 Å². The minimum Gasteiger partial charge on any atom is -0.191 e. The maximum atomic E-state index is 4.77. The van der Waals surface area contributed by atoms with Crippen molar-refractivity contribution in [1.82, 2.24) is 14.9 Å². The van der Waals surface area contributed by atoms with Crippen LogP contribution < -0.4 is 0 Å². The highest BCUT2D eigenvalue weighted by Gasteiger charge is 2.19. The molecule has 4 rings (SSSR count). The zero-order valence-electron chi connectivity index (χ0n) is 12.2. The Morgan fingerprint density at radius 3 is 2.57 bits per heavy atom. The first kappa shape index (κ1) is 14.7. The summed E-state index contributed by atoms with van der Waals surface area (Å²) in [7, 11) is 0. The zero-order chi connectivity index (χ0) is 15.6. The Hall–Kier alpha value is -1.92. The number of fused-ring (bicyclic) bond motifs is 1. The summed E-state index contributed by atoms with van der Waals surface area (Å²) in [4.78, 5) is 0. The van der Waals surface area contributed by atoms with E-state index in [-0.39, 0.29) is 0 Å². The highest BCUT2D eigenvalue weighted by molar-refractivity contribution is 9.10. The van der Waals surface area contributed by atoms with Gasteiger partial charge in [0.05, 0.1) is 5.71 Å². The maximum absolute atomic E-state index is 4.77. The molecule has 1 aromatic heterocycles. The molecule has 0 atom stereocenters. The summed E-state index contributed by atoms with van der Waals surface area (Å²) in [6.45, 7) is 0. The van der Waals surface area contributed by atoms with Crippen molar-refractivity contribution >= 4 is 33.4 Å². The van der Waals surface area contributed by atoms with E-state index in [4.69, 9.17) is 5.10 Å². The Balaban J connectivity index is 1.68. The van der Waals surface area contributed by atoms with Gasteiger partial charge in [0.25, 0.3) is 0 Å². The summed E-state index contributed by atoms with van der Waals surface area (Å²) >= 11 is 5.14. The fraction of sp³-hybridized carbons (Fsp3) is 0.118. The molecular weight excluding hydrogens is 372 g/mol. The molecule has 0 fully saturated rings. The Kier molecular flexibility index (Phi) is 4.01. The molecule has 1 aliphatic heterocycles. The highest BCUT2D eigenvalue weighted by atomic mass is 79.9. The van der Waals surface area contributed by atoms with Gasteiger partial charge < -0.3 is 0 Å². The van der Waals surface area contributed by atoms with E-state index in [1.807, 2.05) is 35.0 Å². The molecule has 0 radical (unpaired) electrons. The molecule has 0 amide bonds. The lowest BCUT2D eigenvalue weighted by Crippen LogP contribution is -2.14. The van der Waals surface area contributed by atoms with Gasteiger partial charge in [-0.1, -0.05) is 70.2 Å². The van der Waals surface area contributed by atoms with Gasteiger partial charge in [0.2, 0.25) is 5.16 Å². The summed E-state index contributed by atoms with van der Waals surface area (Å²) in [6, 6.07) is 18.5. The Morgan fingerprint density at radius 2 is 1.78 bits per heavy atom. The minimum absolute atomic E-state index is 0.728. The Morgan fingerprint density at radius 1 is 1.00 bits per heavy atom. The van der Waals surface area contributed by atoms with Gasteiger partial charge in [-0.15, -0.1) is 10.2 Å². The Labute approximate surface area is 146 Å². The van der Waals surface area contributed by atoms with Gasteiger partial charge in [-0.05, 0) is 23.3 Å². The molecular formula is C17H13BrN4S. The lowest BCUT2D eigenvalue weighted by molar-refractivity contribution is 0.720. The molecule has 0 spiro atoms. The van der Waals surface area contributed by atoms with Crippen molar-refractivity contribution < 1.29 is 0 Å². The molecule has 0 bridgehead atoms. The van der Waals surface area contributed by atoms with Crippen molar-refractivity contribution in [2.45, 2.75) is 11.6 Å².